The number of carbonyl (C=O) groups excluding carboxylic acids is 3. The Bertz CT molecular complexity index is 1230. The molecule has 4 rings (SSSR count). The summed E-state index contributed by atoms with van der Waals surface area (Å²) in [5.74, 6) is 0.412. The summed E-state index contributed by atoms with van der Waals surface area (Å²) in [5, 5.41) is 15.0. The van der Waals surface area contributed by atoms with E-state index in [0.717, 1.165) is 37.9 Å². The van der Waals surface area contributed by atoms with Crippen molar-refractivity contribution in [2.75, 3.05) is 50.5 Å². The molecule has 2 saturated heterocycles. The molecule has 0 bridgehead atoms. The van der Waals surface area contributed by atoms with E-state index in [1.54, 1.807) is 19.0 Å². The molecule has 2 aromatic rings. The lowest BCUT2D eigenvalue weighted by Gasteiger charge is -2.34. The van der Waals surface area contributed by atoms with E-state index in [2.05, 4.69) is 20.6 Å². The Morgan fingerprint density at radius 3 is 2.49 bits per heavy atom. The third-order valence-electron chi connectivity index (χ3n) is 7.20. The molecule has 4 N–H and O–H groups in total. The SMILES string of the molecule is CN(C)C(=O)NC1CCCN(c2cnc(C(N)=O)c(Nc3ccc(C4CCN(C(=O)CC#N)CC4)cc3)n2)C1. The second-order valence-electron chi connectivity index (χ2n) is 10.2. The van der Waals surface area contributed by atoms with E-state index in [1.165, 1.54) is 16.7 Å². The quantitative estimate of drug-likeness (QED) is 0.488. The lowest BCUT2D eigenvalue weighted by molar-refractivity contribution is -0.131. The fourth-order valence-electron chi connectivity index (χ4n) is 5.02. The number of nitrogens with zero attached hydrogens (tertiary/aromatic N) is 6. The third-order valence-corrected chi connectivity index (χ3v) is 7.20. The van der Waals surface area contributed by atoms with Crippen molar-refractivity contribution < 1.29 is 14.4 Å². The van der Waals surface area contributed by atoms with Gasteiger partial charge in [0, 0.05) is 52.0 Å². The predicted octanol–water partition coefficient (Wildman–Crippen LogP) is 2.18. The lowest BCUT2D eigenvalue weighted by Crippen LogP contribution is -2.50. The Morgan fingerprint density at radius 2 is 1.85 bits per heavy atom. The van der Waals surface area contributed by atoms with Crippen molar-refractivity contribution >= 4 is 35.2 Å². The van der Waals surface area contributed by atoms with Crippen molar-refractivity contribution in [3.8, 4) is 6.07 Å². The number of urea groups is 1. The van der Waals surface area contributed by atoms with E-state index >= 15 is 0 Å². The molecule has 1 unspecified atom stereocenters. The number of aromatic nitrogens is 2. The number of likely N-dealkylation sites (tertiary alicyclic amines) is 1. The molecular formula is C27H35N9O3. The highest BCUT2D eigenvalue weighted by Crippen LogP contribution is 2.30. The number of nitriles is 1. The van der Waals surface area contributed by atoms with Crippen molar-refractivity contribution in [1.82, 2.24) is 25.1 Å². The summed E-state index contributed by atoms with van der Waals surface area (Å²) in [6.07, 6.45) is 4.90. The topological polar surface area (TPSA) is 161 Å². The summed E-state index contributed by atoms with van der Waals surface area (Å²) in [6.45, 7) is 2.63. The van der Waals surface area contributed by atoms with Crippen LogP contribution in [-0.4, -0.2) is 83.9 Å². The van der Waals surface area contributed by atoms with Gasteiger partial charge in [-0.2, -0.15) is 5.26 Å². The summed E-state index contributed by atoms with van der Waals surface area (Å²) in [5.41, 5.74) is 7.54. The Kier molecular flexibility index (Phi) is 8.81. The molecule has 0 radical (unpaired) electrons. The molecule has 0 aliphatic carbocycles. The summed E-state index contributed by atoms with van der Waals surface area (Å²) >= 11 is 0. The normalized spacial score (nSPS) is 17.7. The van der Waals surface area contributed by atoms with Crippen LogP contribution in [0.25, 0.3) is 0 Å². The van der Waals surface area contributed by atoms with Crippen LogP contribution in [-0.2, 0) is 4.79 Å². The second-order valence-corrected chi connectivity index (χ2v) is 10.2. The number of piperidine rings is 2. The first-order valence-corrected chi connectivity index (χ1v) is 13.2. The van der Waals surface area contributed by atoms with Gasteiger partial charge in [0.15, 0.2) is 11.5 Å². The van der Waals surface area contributed by atoms with Crippen LogP contribution in [0.15, 0.2) is 30.5 Å². The predicted molar refractivity (Wildman–Crippen MR) is 147 cm³/mol. The van der Waals surface area contributed by atoms with Crippen LogP contribution in [0.2, 0.25) is 0 Å². The van der Waals surface area contributed by atoms with Gasteiger partial charge in [0.25, 0.3) is 5.91 Å². The largest absolute Gasteiger partial charge is 0.364 e. The highest BCUT2D eigenvalue weighted by molar-refractivity contribution is 5.96. The van der Waals surface area contributed by atoms with Gasteiger partial charge in [-0.05, 0) is 49.3 Å². The number of nitrogens with one attached hydrogen (secondary N) is 2. The van der Waals surface area contributed by atoms with Gasteiger partial charge in [0.05, 0.1) is 12.3 Å². The zero-order chi connectivity index (χ0) is 27.9. The molecule has 39 heavy (non-hydrogen) atoms. The van der Waals surface area contributed by atoms with Gasteiger partial charge >= 0.3 is 6.03 Å². The molecule has 206 valence electrons. The lowest BCUT2D eigenvalue weighted by atomic mass is 9.89. The number of hydrogen-bond donors (Lipinski definition) is 3. The van der Waals surface area contributed by atoms with E-state index < -0.39 is 5.91 Å². The molecule has 12 nitrogen and oxygen atoms in total. The molecular weight excluding hydrogens is 498 g/mol. The summed E-state index contributed by atoms with van der Waals surface area (Å²) in [4.78, 5) is 50.4. The third kappa shape index (κ3) is 6.93. The first-order chi connectivity index (χ1) is 18.7. The van der Waals surface area contributed by atoms with Gasteiger partial charge in [-0.3, -0.25) is 9.59 Å². The van der Waals surface area contributed by atoms with Gasteiger partial charge in [-0.15, -0.1) is 0 Å². The van der Waals surface area contributed by atoms with Crippen molar-refractivity contribution in [2.24, 2.45) is 5.73 Å². The van der Waals surface area contributed by atoms with Crippen molar-refractivity contribution in [3.63, 3.8) is 0 Å². The van der Waals surface area contributed by atoms with Crippen LogP contribution < -0.4 is 21.3 Å². The number of primary amides is 1. The van der Waals surface area contributed by atoms with Crippen LogP contribution in [0.5, 0.6) is 0 Å². The summed E-state index contributed by atoms with van der Waals surface area (Å²) in [6, 6.07) is 9.68. The summed E-state index contributed by atoms with van der Waals surface area (Å²) in [7, 11) is 3.41. The number of amides is 4. The molecule has 0 saturated carbocycles. The Labute approximate surface area is 228 Å². The molecule has 1 aromatic heterocycles. The van der Waals surface area contributed by atoms with Gasteiger partial charge in [0.2, 0.25) is 5.91 Å². The standard InChI is InChI=1S/C27H35N9O3/c1-34(2)27(39)32-21-4-3-13-36(17-21)22-16-30-24(25(29)38)26(33-22)31-20-7-5-18(6-8-20)19-10-14-35(15-11-19)23(37)9-12-28/h5-8,16,19,21H,3-4,9-11,13-15,17H2,1-2H3,(H2,29,38)(H,31,33)(H,32,39). The molecule has 2 fully saturated rings. The number of rotatable bonds is 7. The molecule has 1 atom stereocenters. The first kappa shape index (κ1) is 27.6. The molecule has 2 aliphatic heterocycles. The molecule has 2 aliphatic rings. The second kappa shape index (κ2) is 12.4. The minimum Gasteiger partial charge on any atom is -0.364 e. The van der Waals surface area contributed by atoms with E-state index in [4.69, 9.17) is 11.0 Å². The molecule has 3 heterocycles. The van der Waals surface area contributed by atoms with Crippen molar-refractivity contribution in [3.05, 3.63) is 41.7 Å². The van der Waals surface area contributed by atoms with Gasteiger partial charge in [-0.25, -0.2) is 14.8 Å². The van der Waals surface area contributed by atoms with Crippen LogP contribution in [0.3, 0.4) is 0 Å². The highest BCUT2D eigenvalue weighted by atomic mass is 16.2. The zero-order valence-corrected chi connectivity index (χ0v) is 22.4. The van der Waals surface area contributed by atoms with Crippen LogP contribution >= 0.6 is 0 Å². The van der Waals surface area contributed by atoms with Gasteiger partial charge in [0.1, 0.15) is 12.2 Å². The average molecular weight is 534 g/mol. The van der Waals surface area contributed by atoms with Gasteiger partial charge in [-0.1, -0.05) is 12.1 Å². The van der Waals surface area contributed by atoms with Crippen molar-refractivity contribution in [1.29, 1.82) is 5.26 Å². The van der Waals surface area contributed by atoms with E-state index in [0.29, 0.717) is 31.4 Å². The maximum absolute atomic E-state index is 12.1. The van der Waals surface area contributed by atoms with Crippen LogP contribution in [0.1, 0.15) is 54.1 Å². The maximum Gasteiger partial charge on any atom is 0.317 e. The molecule has 4 amide bonds. The minimum atomic E-state index is -0.680. The number of benzene rings is 1. The number of hydrogen-bond acceptors (Lipinski definition) is 8. The number of nitrogens with two attached hydrogens (primary N) is 1. The van der Waals surface area contributed by atoms with Gasteiger partial charge < -0.3 is 31.1 Å². The fourth-order valence-corrected chi connectivity index (χ4v) is 5.02. The maximum atomic E-state index is 12.1. The summed E-state index contributed by atoms with van der Waals surface area (Å²) < 4.78 is 0. The van der Waals surface area contributed by atoms with Crippen LogP contribution in [0.4, 0.5) is 22.1 Å². The van der Waals surface area contributed by atoms with E-state index in [-0.39, 0.29) is 35.9 Å². The number of carbonyl (C=O) groups is 3. The van der Waals surface area contributed by atoms with E-state index in [9.17, 15) is 14.4 Å². The monoisotopic (exact) mass is 533 g/mol. The fraction of sp³-hybridized carbons (Fsp3) is 0.481. The Balaban J connectivity index is 1.43. The Hall–Kier alpha value is -4.40. The molecule has 0 spiro atoms. The Morgan fingerprint density at radius 1 is 1.13 bits per heavy atom. The molecule has 12 heteroatoms. The minimum absolute atomic E-state index is 0.0217. The average Bonchev–Trinajstić information content (AvgIpc) is 2.93. The zero-order valence-electron chi connectivity index (χ0n) is 22.4. The number of anilines is 3. The first-order valence-electron chi connectivity index (χ1n) is 13.2. The van der Waals surface area contributed by atoms with E-state index in [1.807, 2.05) is 35.2 Å². The highest BCUT2D eigenvalue weighted by Gasteiger charge is 2.25. The molecule has 1 aromatic carbocycles. The van der Waals surface area contributed by atoms with Crippen LogP contribution in [0, 0.1) is 11.3 Å². The van der Waals surface area contributed by atoms with Crippen molar-refractivity contribution in [2.45, 2.75) is 44.1 Å². The smallest absolute Gasteiger partial charge is 0.317 e.